The van der Waals surface area contributed by atoms with Crippen LogP contribution in [0.4, 0.5) is 5.69 Å². The molecule has 0 aliphatic rings. The summed E-state index contributed by atoms with van der Waals surface area (Å²) < 4.78 is 26.5. The highest BCUT2D eigenvalue weighted by molar-refractivity contribution is 7.92. The van der Waals surface area contributed by atoms with Gasteiger partial charge in [0.1, 0.15) is 12.6 Å². The topological polar surface area (TPSA) is 86.8 Å². The molecule has 0 aliphatic carbocycles. The van der Waals surface area contributed by atoms with Gasteiger partial charge in [0.15, 0.2) is 0 Å². The van der Waals surface area contributed by atoms with Crippen molar-refractivity contribution in [3.05, 3.63) is 65.2 Å². The Hall–Kier alpha value is -2.87. The van der Waals surface area contributed by atoms with Gasteiger partial charge in [0, 0.05) is 12.6 Å². The molecule has 0 saturated carbocycles. The molecule has 2 rings (SSSR count). The van der Waals surface area contributed by atoms with Gasteiger partial charge in [-0.05, 0) is 56.9 Å². The number of aryl methyl sites for hydroxylation is 2. The molecular formula is C25H35N3O4S. The number of hydrogen-bond acceptors (Lipinski definition) is 4. The third kappa shape index (κ3) is 7.32. The lowest BCUT2D eigenvalue weighted by Gasteiger charge is -2.32. The summed E-state index contributed by atoms with van der Waals surface area (Å²) in [5, 5.41) is 2.92. The first-order chi connectivity index (χ1) is 15.4. The zero-order valence-corrected chi connectivity index (χ0v) is 21.1. The average molecular weight is 474 g/mol. The van der Waals surface area contributed by atoms with Crippen molar-refractivity contribution in [1.29, 1.82) is 0 Å². The van der Waals surface area contributed by atoms with E-state index in [1.807, 2.05) is 63.2 Å². The predicted molar refractivity (Wildman–Crippen MR) is 132 cm³/mol. The third-order valence-corrected chi connectivity index (χ3v) is 6.80. The summed E-state index contributed by atoms with van der Waals surface area (Å²) in [6.07, 6.45) is 1.85. The maximum atomic E-state index is 13.5. The second-order valence-corrected chi connectivity index (χ2v) is 10.5. The monoisotopic (exact) mass is 473 g/mol. The minimum Gasteiger partial charge on any atom is -0.352 e. The first-order valence-corrected chi connectivity index (χ1v) is 13.0. The number of benzene rings is 2. The van der Waals surface area contributed by atoms with Crippen LogP contribution in [0.5, 0.6) is 0 Å². The van der Waals surface area contributed by atoms with E-state index in [0.29, 0.717) is 5.69 Å². The van der Waals surface area contributed by atoms with Gasteiger partial charge in [-0.3, -0.25) is 13.9 Å². The molecule has 2 atom stereocenters. The Morgan fingerprint density at radius 2 is 1.67 bits per heavy atom. The van der Waals surface area contributed by atoms with Crippen molar-refractivity contribution in [2.45, 2.75) is 59.7 Å². The Labute approximate surface area is 197 Å². The van der Waals surface area contributed by atoms with E-state index in [2.05, 4.69) is 5.32 Å². The lowest BCUT2D eigenvalue weighted by atomic mass is 10.1. The number of carbonyl (C=O) groups is 2. The number of nitrogens with zero attached hydrogens (tertiary/aromatic N) is 2. The molecule has 0 fully saturated rings. The van der Waals surface area contributed by atoms with Crippen LogP contribution in [0.3, 0.4) is 0 Å². The molecule has 1 N–H and O–H groups in total. The number of anilines is 1. The first kappa shape index (κ1) is 26.4. The fourth-order valence-electron chi connectivity index (χ4n) is 3.41. The number of sulfonamides is 1. The largest absolute Gasteiger partial charge is 0.352 e. The quantitative estimate of drug-likeness (QED) is 0.573. The van der Waals surface area contributed by atoms with Gasteiger partial charge in [-0.2, -0.15) is 0 Å². The minimum atomic E-state index is -3.74. The summed E-state index contributed by atoms with van der Waals surface area (Å²) in [5.74, 6) is -0.719. The molecule has 2 amide bonds. The lowest BCUT2D eigenvalue weighted by molar-refractivity contribution is -0.139. The molecule has 2 aromatic carbocycles. The van der Waals surface area contributed by atoms with Crippen LogP contribution in [0.1, 0.15) is 43.9 Å². The van der Waals surface area contributed by atoms with Gasteiger partial charge in [-0.1, -0.05) is 49.4 Å². The van der Waals surface area contributed by atoms with E-state index in [9.17, 15) is 18.0 Å². The molecule has 7 nitrogen and oxygen atoms in total. The summed E-state index contributed by atoms with van der Waals surface area (Å²) >= 11 is 0. The van der Waals surface area contributed by atoms with Gasteiger partial charge in [0.2, 0.25) is 21.8 Å². The second-order valence-electron chi connectivity index (χ2n) is 8.56. The molecule has 0 radical (unpaired) electrons. The standard InChI is InChI=1S/C25H35N3O4S/c1-7-20(4)26-25(30)21(5)27(16-22-11-9-8-10-12-22)24(29)17-28(33(6,31)32)23-15-18(2)13-14-19(23)3/h8-15,20-21H,7,16-17H2,1-6H3,(H,26,30)/t20-,21+/m1/s1. The molecule has 33 heavy (non-hydrogen) atoms. The van der Waals surface area contributed by atoms with Crippen molar-refractivity contribution >= 4 is 27.5 Å². The van der Waals surface area contributed by atoms with Crippen molar-refractivity contribution in [3.63, 3.8) is 0 Å². The molecule has 0 aromatic heterocycles. The van der Waals surface area contributed by atoms with E-state index >= 15 is 0 Å². The van der Waals surface area contributed by atoms with Crippen LogP contribution < -0.4 is 9.62 Å². The molecule has 180 valence electrons. The molecule has 2 aromatic rings. The van der Waals surface area contributed by atoms with Crippen LogP contribution >= 0.6 is 0 Å². The number of rotatable bonds is 10. The molecule has 0 unspecified atom stereocenters. The van der Waals surface area contributed by atoms with Crippen molar-refractivity contribution in [2.24, 2.45) is 0 Å². The zero-order chi connectivity index (χ0) is 24.8. The summed E-state index contributed by atoms with van der Waals surface area (Å²) in [7, 11) is -3.74. The Morgan fingerprint density at radius 1 is 1.03 bits per heavy atom. The highest BCUT2D eigenvalue weighted by atomic mass is 32.2. The van der Waals surface area contributed by atoms with Gasteiger partial charge in [0.05, 0.1) is 11.9 Å². The van der Waals surface area contributed by atoms with Crippen molar-refractivity contribution < 1.29 is 18.0 Å². The van der Waals surface area contributed by atoms with Gasteiger partial charge in [-0.25, -0.2) is 8.42 Å². The van der Waals surface area contributed by atoms with E-state index in [4.69, 9.17) is 0 Å². The van der Waals surface area contributed by atoms with Crippen LogP contribution in [0.15, 0.2) is 48.5 Å². The van der Waals surface area contributed by atoms with Crippen molar-refractivity contribution in [2.75, 3.05) is 17.1 Å². The van der Waals surface area contributed by atoms with Crippen molar-refractivity contribution in [3.8, 4) is 0 Å². The van der Waals surface area contributed by atoms with E-state index in [1.54, 1.807) is 19.9 Å². The van der Waals surface area contributed by atoms with E-state index in [0.717, 1.165) is 33.7 Å². The van der Waals surface area contributed by atoms with Gasteiger partial charge >= 0.3 is 0 Å². The fraction of sp³-hybridized carbons (Fsp3) is 0.440. The lowest BCUT2D eigenvalue weighted by Crippen LogP contribution is -2.52. The van der Waals surface area contributed by atoms with Crippen LogP contribution in [-0.4, -0.2) is 50.0 Å². The number of amides is 2. The first-order valence-electron chi connectivity index (χ1n) is 11.1. The zero-order valence-electron chi connectivity index (χ0n) is 20.3. The van der Waals surface area contributed by atoms with Crippen LogP contribution in [-0.2, 0) is 26.2 Å². The number of nitrogens with one attached hydrogen (secondary N) is 1. The molecule has 0 bridgehead atoms. The van der Waals surface area contributed by atoms with Crippen LogP contribution in [0.2, 0.25) is 0 Å². The molecule has 0 aliphatic heterocycles. The molecular weight excluding hydrogens is 438 g/mol. The Balaban J connectivity index is 2.40. The molecule has 0 spiro atoms. The van der Waals surface area contributed by atoms with Gasteiger partial charge in [0.25, 0.3) is 0 Å². The third-order valence-electron chi connectivity index (χ3n) is 5.68. The highest BCUT2D eigenvalue weighted by Crippen LogP contribution is 2.24. The van der Waals surface area contributed by atoms with Gasteiger partial charge in [-0.15, -0.1) is 0 Å². The van der Waals surface area contributed by atoms with Crippen molar-refractivity contribution in [1.82, 2.24) is 10.2 Å². The molecule has 0 saturated heterocycles. The minimum absolute atomic E-state index is 0.0314. The van der Waals surface area contributed by atoms with E-state index < -0.39 is 28.5 Å². The highest BCUT2D eigenvalue weighted by Gasteiger charge is 2.30. The fourth-order valence-corrected chi connectivity index (χ4v) is 4.31. The van der Waals surface area contributed by atoms with E-state index in [1.165, 1.54) is 4.90 Å². The van der Waals surface area contributed by atoms with Crippen LogP contribution in [0, 0.1) is 13.8 Å². The maximum Gasteiger partial charge on any atom is 0.244 e. The Morgan fingerprint density at radius 3 is 2.24 bits per heavy atom. The summed E-state index contributed by atoms with van der Waals surface area (Å²) in [6.45, 7) is 9.02. The number of hydrogen-bond donors (Lipinski definition) is 1. The maximum absolute atomic E-state index is 13.5. The molecule has 0 heterocycles. The summed E-state index contributed by atoms with van der Waals surface area (Å²) in [5.41, 5.74) is 2.95. The smallest absolute Gasteiger partial charge is 0.244 e. The summed E-state index contributed by atoms with van der Waals surface area (Å²) in [4.78, 5) is 27.8. The SMILES string of the molecule is CC[C@@H](C)NC(=O)[C@H](C)N(Cc1ccccc1)C(=O)CN(c1cc(C)ccc1C)S(C)(=O)=O. The molecule has 8 heteroatoms. The average Bonchev–Trinajstić information content (AvgIpc) is 2.76. The van der Waals surface area contributed by atoms with Gasteiger partial charge < -0.3 is 10.2 Å². The Bertz CT molecular complexity index is 1070. The Kier molecular flexibility index (Phi) is 9.05. The van der Waals surface area contributed by atoms with Crippen LogP contribution in [0.25, 0.3) is 0 Å². The second kappa shape index (κ2) is 11.3. The number of carbonyl (C=O) groups excluding carboxylic acids is 2. The van der Waals surface area contributed by atoms with E-state index in [-0.39, 0.29) is 18.5 Å². The summed E-state index contributed by atoms with van der Waals surface area (Å²) in [6, 6.07) is 14.0. The predicted octanol–water partition coefficient (Wildman–Crippen LogP) is 3.40. The normalized spacial score (nSPS) is 13.2.